The van der Waals surface area contributed by atoms with Crippen LogP contribution in [0.25, 0.3) is 0 Å². The highest BCUT2D eigenvalue weighted by Gasteiger charge is 2.34. The molecular formula is C28H41N5O6S. The molecule has 3 unspecified atom stereocenters. The third kappa shape index (κ3) is 11.7. The normalized spacial score (nSPS) is 13.1. The average Bonchev–Trinajstić information content (AvgIpc) is 3.45. The van der Waals surface area contributed by atoms with Crippen molar-refractivity contribution < 1.29 is 29.1 Å². The fraction of sp³-hybridized carbons (Fsp3) is 0.536. The molecule has 4 N–H and O–H groups in total. The minimum atomic E-state index is -0.873. The lowest BCUT2D eigenvalue weighted by Crippen LogP contribution is -2.51. The van der Waals surface area contributed by atoms with Crippen molar-refractivity contribution in [2.45, 2.75) is 78.0 Å². The lowest BCUT2D eigenvalue weighted by Gasteiger charge is -2.32. The molecule has 2 aromatic rings. The SMILES string of the molecule is CCCC(C(CC(C)C)C(=O)NC(CCCCNC(=O)OCc1ccccc1)C(=O)Nc1nccs1)N(O)C=O. The van der Waals surface area contributed by atoms with E-state index in [9.17, 15) is 24.4 Å². The van der Waals surface area contributed by atoms with Gasteiger partial charge in [0.15, 0.2) is 5.13 Å². The highest BCUT2D eigenvalue weighted by Crippen LogP contribution is 2.23. The van der Waals surface area contributed by atoms with E-state index >= 15 is 0 Å². The zero-order valence-electron chi connectivity index (χ0n) is 23.4. The van der Waals surface area contributed by atoms with Crippen LogP contribution in [0.4, 0.5) is 9.93 Å². The maximum atomic E-state index is 13.5. The summed E-state index contributed by atoms with van der Waals surface area (Å²) in [6, 6.07) is 7.77. The van der Waals surface area contributed by atoms with Crippen LogP contribution in [0.1, 0.15) is 64.9 Å². The maximum absolute atomic E-state index is 13.5. The summed E-state index contributed by atoms with van der Waals surface area (Å²) < 4.78 is 5.21. The van der Waals surface area contributed by atoms with Crippen molar-refractivity contribution in [1.29, 1.82) is 0 Å². The van der Waals surface area contributed by atoms with Crippen LogP contribution in [0.15, 0.2) is 41.9 Å². The van der Waals surface area contributed by atoms with Crippen molar-refractivity contribution in [2.24, 2.45) is 11.8 Å². The van der Waals surface area contributed by atoms with Gasteiger partial charge in [0.1, 0.15) is 12.6 Å². The van der Waals surface area contributed by atoms with Gasteiger partial charge in [-0.05, 0) is 43.6 Å². The molecule has 0 aliphatic heterocycles. The molecule has 11 nitrogen and oxygen atoms in total. The van der Waals surface area contributed by atoms with Crippen LogP contribution in [0.2, 0.25) is 0 Å². The van der Waals surface area contributed by atoms with Gasteiger partial charge in [0.2, 0.25) is 18.2 Å². The molecule has 1 aromatic heterocycles. The Hall–Kier alpha value is -3.51. The van der Waals surface area contributed by atoms with Crippen LogP contribution < -0.4 is 16.0 Å². The number of benzene rings is 1. The topological polar surface area (TPSA) is 150 Å². The van der Waals surface area contributed by atoms with Gasteiger partial charge in [-0.15, -0.1) is 11.3 Å². The van der Waals surface area contributed by atoms with Gasteiger partial charge in [-0.1, -0.05) is 57.5 Å². The predicted octanol–water partition coefficient (Wildman–Crippen LogP) is 4.34. The Morgan fingerprint density at radius 1 is 1.12 bits per heavy atom. The minimum Gasteiger partial charge on any atom is -0.445 e. The van der Waals surface area contributed by atoms with Crippen molar-refractivity contribution in [3.63, 3.8) is 0 Å². The van der Waals surface area contributed by atoms with Gasteiger partial charge in [-0.2, -0.15) is 0 Å². The number of unbranched alkanes of at least 4 members (excludes halogenated alkanes) is 1. The van der Waals surface area contributed by atoms with Gasteiger partial charge < -0.3 is 20.7 Å². The first-order valence-corrected chi connectivity index (χ1v) is 14.5. The molecule has 0 bridgehead atoms. The van der Waals surface area contributed by atoms with Crippen molar-refractivity contribution in [3.05, 3.63) is 47.5 Å². The molecule has 1 aromatic carbocycles. The first kappa shape index (κ1) is 32.7. The molecule has 1 heterocycles. The molecule has 0 spiro atoms. The Morgan fingerprint density at radius 2 is 1.88 bits per heavy atom. The molecule has 0 aliphatic rings. The Morgan fingerprint density at radius 3 is 2.50 bits per heavy atom. The van der Waals surface area contributed by atoms with E-state index in [1.54, 1.807) is 11.6 Å². The standard InChI is InChI=1S/C28H41N5O6S/c1-4-10-24(33(38)19-34)22(17-20(2)3)25(35)31-23(26(36)32-27-29-15-16-40-27)13-8-9-14-30-28(37)39-18-21-11-6-5-7-12-21/h5-7,11-12,15-16,19-20,22-24,38H,4,8-10,13-14,17-18H2,1-3H3,(H,30,37)(H,31,35)(H,29,32,36). The molecule has 0 radical (unpaired) electrons. The van der Waals surface area contributed by atoms with Gasteiger partial charge in [-0.25, -0.2) is 14.8 Å². The Bertz CT molecular complexity index is 1040. The Balaban J connectivity index is 1.98. The second-order valence-electron chi connectivity index (χ2n) is 9.95. The zero-order valence-corrected chi connectivity index (χ0v) is 24.2. The summed E-state index contributed by atoms with van der Waals surface area (Å²) in [5.41, 5.74) is 0.886. The third-order valence-electron chi connectivity index (χ3n) is 6.26. The first-order valence-electron chi connectivity index (χ1n) is 13.6. The number of hydrogen-bond acceptors (Lipinski definition) is 8. The van der Waals surface area contributed by atoms with Crippen LogP contribution in [-0.2, 0) is 25.7 Å². The van der Waals surface area contributed by atoms with E-state index in [2.05, 4.69) is 20.9 Å². The smallest absolute Gasteiger partial charge is 0.407 e. The molecule has 220 valence electrons. The molecule has 0 aliphatic carbocycles. The third-order valence-corrected chi connectivity index (χ3v) is 6.94. The van der Waals surface area contributed by atoms with E-state index in [-0.39, 0.29) is 12.5 Å². The first-order chi connectivity index (χ1) is 19.2. The van der Waals surface area contributed by atoms with Gasteiger partial charge in [0, 0.05) is 18.1 Å². The minimum absolute atomic E-state index is 0.116. The van der Waals surface area contributed by atoms with Crippen LogP contribution in [-0.4, -0.2) is 58.2 Å². The van der Waals surface area contributed by atoms with Crippen molar-refractivity contribution in [3.8, 4) is 0 Å². The number of carbonyl (C=O) groups excluding carboxylic acids is 4. The van der Waals surface area contributed by atoms with E-state index in [4.69, 9.17) is 4.74 Å². The zero-order chi connectivity index (χ0) is 29.3. The van der Waals surface area contributed by atoms with Crippen molar-refractivity contribution in [2.75, 3.05) is 11.9 Å². The van der Waals surface area contributed by atoms with Crippen LogP contribution in [0.3, 0.4) is 0 Å². The number of amides is 4. The Labute approximate surface area is 239 Å². The van der Waals surface area contributed by atoms with E-state index in [1.165, 1.54) is 11.3 Å². The number of hydrogen-bond donors (Lipinski definition) is 4. The molecule has 0 saturated heterocycles. The number of hydroxylamine groups is 2. The molecule has 3 atom stereocenters. The lowest BCUT2D eigenvalue weighted by atomic mass is 9.86. The molecule has 4 amide bonds. The lowest BCUT2D eigenvalue weighted by molar-refractivity contribution is -0.169. The van der Waals surface area contributed by atoms with Gasteiger partial charge >= 0.3 is 6.09 Å². The highest BCUT2D eigenvalue weighted by molar-refractivity contribution is 7.13. The summed E-state index contributed by atoms with van der Waals surface area (Å²) in [6.45, 7) is 6.33. The summed E-state index contributed by atoms with van der Waals surface area (Å²) in [7, 11) is 0. The predicted molar refractivity (Wildman–Crippen MR) is 152 cm³/mol. The molecule has 40 heavy (non-hydrogen) atoms. The number of thiazole rings is 1. The van der Waals surface area contributed by atoms with Crippen LogP contribution >= 0.6 is 11.3 Å². The largest absolute Gasteiger partial charge is 0.445 e. The van der Waals surface area contributed by atoms with Crippen molar-refractivity contribution in [1.82, 2.24) is 20.7 Å². The number of nitrogens with zero attached hydrogens (tertiary/aromatic N) is 2. The summed E-state index contributed by atoms with van der Waals surface area (Å²) in [5.74, 6) is -1.41. The summed E-state index contributed by atoms with van der Waals surface area (Å²) in [4.78, 5) is 54.0. The fourth-order valence-electron chi connectivity index (χ4n) is 4.30. The summed E-state index contributed by atoms with van der Waals surface area (Å²) in [6.07, 6.45) is 4.27. The van der Waals surface area contributed by atoms with E-state index in [1.807, 2.05) is 51.1 Å². The number of alkyl carbamates (subject to hydrolysis) is 1. The van der Waals surface area contributed by atoms with E-state index in [0.717, 1.165) is 5.56 Å². The summed E-state index contributed by atoms with van der Waals surface area (Å²) >= 11 is 1.26. The molecule has 12 heteroatoms. The summed E-state index contributed by atoms with van der Waals surface area (Å²) in [5, 5.41) is 21.2. The van der Waals surface area contributed by atoms with Gasteiger partial charge in [0.05, 0.1) is 12.0 Å². The quantitative estimate of drug-likeness (QED) is 0.0894. The number of nitrogens with one attached hydrogen (secondary N) is 3. The maximum Gasteiger partial charge on any atom is 0.407 e. The van der Waals surface area contributed by atoms with E-state index in [0.29, 0.717) is 61.7 Å². The Kier molecular flexibility index (Phi) is 14.7. The van der Waals surface area contributed by atoms with Gasteiger partial charge in [0.25, 0.3) is 0 Å². The van der Waals surface area contributed by atoms with Gasteiger partial charge in [-0.3, -0.25) is 19.6 Å². The highest BCUT2D eigenvalue weighted by atomic mass is 32.1. The molecular weight excluding hydrogens is 534 g/mol. The number of aromatic nitrogens is 1. The number of carbonyl (C=O) groups is 4. The number of rotatable bonds is 18. The second-order valence-corrected chi connectivity index (χ2v) is 10.8. The number of ether oxygens (including phenoxy) is 1. The van der Waals surface area contributed by atoms with Crippen LogP contribution in [0.5, 0.6) is 0 Å². The second kappa shape index (κ2) is 18.0. The monoisotopic (exact) mass is 575 g/mol. The fourth-order valence-corrected chi connectivity index (χ4v) is 4.83. The van der Waals surface area contributed by atoms with Crippen molar-refractivity contribution >= 4 is 40.8 Å². The van der Waals surface area contributed by atoms with E-state index < -0.39 is 35.9 Å². The van der Waals surface area contributed by atoms with Crippen LogP contribution in [0, 0.1) is 11.8 Å². The molecule has 2 rings (SSSR count). The molecule has 0 fully saturated rings. The number of anilines is 1. The average molecular weight is 576 g/mol. The molecule has 0 saturated carbocycles.